The number of para-hydroxylation sites is 2. The van der Waals surface area contributed by atoms with E-state index in [2.05, 4.69) is 16.0 Å². The third-order valence-electron chi connectivity index (χ3n) is 20.8. The summed E-state index contributed by atoms with van der Waals surface area (Å²) < 4.78 is 67.6. The molecule has 100 heavy (non-hydrogen) atoms. The van der Waals surface area contributed by atoms with Gasteiger partial charge in [0.1, 0.15) is 90.5 Å². The Kier molecular flexibility index (Phi) is 25.6. The highest BCUT2D eigenvalue weighted by atomic mass is 16.7. The molecule has 24 atom stereocenters. The van der Waals surface area contributed by atoms with E-state index in [1.807, 2.05) is 6.92 Å². The summed E-state index contributed by atoms with van der Waals surface area (Å²) in [5.74, 6) is -4.18. The van der Waals surface area contributed by atoms with Crippen molar-refractivity contribution in [3.63, 3.8) is 0 Å². The van der Waals surface area contributed by atoms with Crippen LogP contribution in [0.25, 0.3) is 21.9 Å². The molecule has 3 saturated carbocycles. The minimum absolute atomic E-state index is 0.0563. The van der Waals surface area contributed by atoms with Gasteiger partial charge in [-0.1, -0.05) is 81.8 Å². The monoisotopic (exact) mass is 1410 g/mol. The number of nitrogens with zero attached hydrogens (tertiary/aromatic N) is 1. The number of hydrogen-bond acceptors (Lipinski definition) is 26. The molecule has 2 aromatic heterocycles. The molecule has 30 nitrogen and oxygen atoms in total. The highest BCUT2D eigenvalue weighted by molar-refractivity contribution is 5.82. The lowest BCUT2D eigenvalue weighted by atomic mass is 9.75. The number of nitrogens with one attached hydrogen (secondary N) is 3. The maximum atomic E-state index is 14.6. The molecule has 3 aliphatic carbocycles. The smallest absolute Gasteiger partial charge is 0.341 e. The van der Waals surface area contributed by atoms with E-state index in [1.54, 1.807) is 65.6 Å². The molecule has 4 aromatic rings. The van der Waals surface area contributed by atoms with Gasteiger partial charge in [-0.25, -0.2) is 9.59 Å². The molecule has 0 spiro atoms. The van der Waals surface area contributed by atoms with Crippen molar-refractivity contribution in [1.29, 1.82) is 0 Å². The fourth-order valence-electron chi connectivity index (χ4n) is 15.0. The molecule has 0 bridgehead atoms. The summed E-state index contributed by atoms with van der Waals surface area (Å²) in [6.45, 7) is 3.01. The van der Waals surface area contributed by atoms with E-state index in [9.17, 15) is 74.7 Å². The van der Waals surface area contributed by atoms with E-state index >= 15 is 0 Å². The summed E-state index contributed by atoms with van der Waals surface area (Å²) in [4.78, 5) is 84.3. The lowest BCUT2D eigenvalue weighted by Gasteiger charge is -2.49. The van der Waals surface area contributed by atoms with Crippen LogP contribution >= 0.6 is 0 Å². The maximum absolute atomic E-state index is 14.6. The van der Waals surface area contributed by atoms with Gasteiger partial charge >= 0.3 is 11.3 Å². The van der Waals surface area contributed by atoms with Crippen molar-refractivity contribution in [3.8, 4) is 0 Å². The van der Waals surface area contributed by atoms with E-state index in [0.717, 1.165) is 38.5 Å². The number of fused-ring (bicyclic) bond motifs is 2. The molecule has 552 valence electrons. The number of aliphatic hydroxyl groups excluding tert-OH is 9. The second kappa shape index (κ2) is 34.1. The minimum atomic E-state index is -1.82. The zero-order valence-electron chi connectivity index (χ0n) is 56.3. The van der Waals surface area contributed by atoms with Crippen LogP contribution in [0.3, 0.4) is 0 Å². The molecule has 7 fully saturated rings. The van der Waals surface area contributed by atoms with Crippen molar-refractivity contribution >= 4 is 45.6 Å². The first-order chi connectivity index (χ1) is 48.1. The minimum Gasteiger partial charge on any atom is -0.422 e. The van der Waals surface area contributed by atoms with Gasteiger partial charge in [-0.05, 0) is 81.5 Å². The van der Waals surface area contributed by atoms with Gasteiger partial charge in [0.25, 0.3) is 5.91 Å². The van der Waals surface area contributed by atoms with Gasteiger partial charge in [0, 0.05) is 55.7 Å². The summed E-state index contributed by atoms with van der Waals surface area (Å²) in [7, 11) is 0. The summed E-state index contributed by atoms with van der Waals surface area (Å²) in [5, 5.41) is 111. The average Bonchev–Trinajstić information content (AvgIpc) is 0.782. The Labute approximate surface area is 576 Å². The number of rotatable bonds is 26. The molecule has 7 aliphatic rings. The van der Waals surface area contributed by atoms with Crippen molar-refractivity contribution in [3.05, 3.63) is 92.6 Å². The van der Waals surface area contributed by atoms with Crippen molar-refractivity contribution in [2.45, 2.75) is 240 Å². The number of likely N-dealkylation sites (tertiary alicyclic amines) is 1. The molecule has 4 saturated heterocycles. The van der Waals surface area contributed by atoms with Crippen LogP contribution in [-0.4, -0.2) is 243 Å². The number of carbonyl (C=O) groups excluding carboxylic acids is 4. The van der Waals surface area contributed by atoms with E-state index in [4.69, 9.17) is 51.5 Å². The van der Waals surface area contributed by atoms with Gasteiger partial charge in [-0.2, -0.15) is 0 Å². The fraction of sp³-hybridized carbons (Fsp3) is 0.686. The van der Waals surface area contributed by atoms with Crippen molar-refractivity contribution in [2.24, 2.45) is 23.7 Å². The second-order valence-electron chi connectivity index (χ2n) is 27.7. The van der Waals surface area contributed by atoms with Gasteiger partial charge in [-0.3, -0.25) is 19.2 Å². The van der Waals surface area contributed by atoms with Gasteiger partial charge in [0.15, 0.2) is 18.9 Å². The van der Waals surface area contributed by atoms with Crippen LogP contribution in [0.1, 0.15) is 109 Å². The van der Waals surface area contributed by atoms with Crippen molar-refractivity contribution in [2.75, 3.05) is 39.4 Å². The van der Waals surface area contributed by atoms with E-state index < -0.39 is 195 Å². The van der Waals surface area contributed by atoms with Crippen LogP contribution in [-0.2, 0) is 75.0 Å². The molecule has 2 aromatic carbocycles. The first-order valence-corrected chi connectivity index (χ1v) is 35.1. The fourth-order valence-corrected chi connectivity index (χ4v) is 15.0. The normalized spacial score (nSPS) is 35.4. The highest BCUT2D eigenvalue weighted by Crippen LogP contribution is 2.41. The molecule has 4 amide bonds. The highest BCUT2D eigenvalue weighted by Gasteiger charge is 2.54. The van der Waals surface area contributed by atoms with Gasteiger partial charge in [0.2, 0.25) is 17.7 Å². The standard InChI is InChI=1S/C70H96N4O26/c1-4-37-24-40(29-48(60(37)100-69-58(83)57(82)53(78)34(2)92-69)97-68-52(73-35(3)77)61(55(80)50(30-75)98-68)93-49(65(87)74-21-12-22-74)23-36-13-6-5-7-14-36)63(85)71-19-20-72-64(86)41-27-46(90-32-42-25-38-15-8-10-17-44(38)94-66(42)88)54(79)47(28-41)96-70-59(84)62(56(81)51(31-76)99-70)91-33-43-26-39-16-9-11-18-45(39)95-67(43)89/h8-11,15-18,25-26,34,36-37,40-41,46-62,68-70,75-76,78-84H,4-7,12-14,19-24,27-33H2,1-3H3,(H,71,85)(H,72,86)(H,73,77)/t34?,37?,40?,41?,46?,47-,48-,49+,50?,51?,52?,53-,54?,55+,56+,57?,58?,59?,60?,61?,62?,68-,69+,70-/m1/s1. The molecular formula is C70H96N4O26. The number of benzene rings is 2. The first kappa shape index (κ1) is 75.2. The molecule has 6 heterocycles. The Bertz CT molecular complexity index is 3520. The zero-order valence-corrected chi connectivity index (χ0v) is 56.3. The maximum Gasteiger partial charge on any atom is 0.341 e. The van der Waals surface area contributed by atoms with Gasteiger partial charge < -0.3 is 118 Å². The Morgan fingerprint density at radius 1 is 0.590 bits per heavy atom. The van der Waals surface area contributed by atoms with E-state index in [1.165, 1.54) is 13.8 Å². The van der Waals surface area contributed by atoms with Gasteiger partial charge in [-0.15, -0.1) is 0 Å². The molecule has 0 radical (unpaired) electrons. The van der Waals surface area contributed by atoms with Crippen LogP contribution in [0.2, 0.25) is 0 Å². The van der Waals surface area contributed by atoms with Crippen LogP contribution in [0.5, 0.6) is 0 Å². The summed E-state index contributed by atoms with van der Waals surface area (Å²) in [6.07, 6.45) is -22.8. The van der Waals surface area contributed by atoms with Crippen molar-refractivity contribution in [1.82, 2.24) is 20.9 Å². The number of aliphatic hydroxyl groups is 9. The largest absolute Gasteiger partial charge is 0.422 e. The summed E-state index contributed by atoms with van der Waals surface area (Å²) in [6, 6.07) is 15.4. The Morgan fingerprint density at radius 2 is 1.14 bits per heavy atom. The Morgan fingerprint density at radius 3 is 1.73 bits per heavy atom. The SMILES string of the molecule is CCC1CC(C(=O)NCCNC(=O)C2CC(OCc3cc4ccccc4oc3=O)C(O)[C@H](O[C@@H]3OC(CO)[C@H](O)C(OCc4cc5ccccc5oc4=O)C3O)C2)C[C@@H](O[C@@H]2OC(CO)[C@H](O)C(O[C@@H](CC3CCCCC3)C(=O)N3CCC3)C2NC(C)=O)C1O[C@@H]1OC(C)[C@@H](O)C(O)C1O. The first-order valence-electron chi connectivity index (χ1n) is 35.1. The Balaban J connectivity index is 0.790. The summed E-state index contributed by atoms with van der Waals surface area (Å²) in [5.41, 5.74) is -0.623. The van der Waals surface area contributed by atoms with E-state index in [0.29, 0.717) is 47.9 Å². The average molecular weight is 1410 g/mol. The topological polar surface area (TPSA) is 433 Å². The third-order valence-corrected chi connectivity index (χ3v) is 20.8. The lowest BCUT2D eigenvalue weighted by molar-refractivity contribution is -0.338. The number of ether oxygens (including phenoxy) is 9. The number of amides is 4. The van der Waals surface area contributed by atoms with Crippen LogP contribution in [0.15, 0.2) is 79.1 Å². The number of hydrogen-bond donors (Lipinski definition) is 12. The quantitative estimate of drug-likeness (QED) is 0.0285. The predicted molar refractivity (Wildman–Crippen MR) is 349 cm³/mol. The molecule has 15 unspecified atom stereocenters. The second-order valence-corrected chi connectivity index (χ2v) is 27.7. The zero-order chi connectivity index (χ0) is 71.1. The van der Waals surface area contributed by atoms with Crippen LogP contribution in [0.4, 0.5) is 0 Å². The number of carbonyl (C=O) groups is 4. The third kappa shape index (κ3) is 17.4. The molecule has 11 rings (SSSR count). The lowest BCUT2D eigenvalue weighted by Crippen LogP contribution is -2.67. The van der Waals surface area contributed by atoms with E-state index in [-0.39, 0.29) is 68.3 Å². The predicted octanol–water partition coefficient (Wildman–Crippen LogP) is -0.229. The molecular weight excluding hydrogens is 1310 g/mol. The summed E-state index contributed by atoms with van der Waals surface area (Å²) >= 11 is 0. The molecule has 4 aliphatic heterocycles. The van der Waals surface area contributed by atoms with Crippen LogP contribution in [0, 0.1) is 23.7 Å². The molecule has 30 heteroatoms. The Hall–Kier alpha value is -5.98. The van der Waals surface area contributed by atoms with Gasteiger partial charge in [0.05, 0.1) is 68.1 Å². The van der Waals surface area contributed by atoms with Crippen LogP contribution < -0.4 is 27.2 Å². The molecule has 12 N–H and O–H groups in total. The van der Waals surface area contributed by atoms with Crippen molar-refractivity contribution < 1.29 is 117 Å².